The number of primary amides is 1. The zero-order valence-electron chi connectivity index (χ0n) is 51.4. The lowest BCUT2D eigenvalue weighted by molar-refractivity contribution is -0.172. The van der Waals surface area contributed by atoms with Gasteiger partial charge in [0.2, 0.25) is 41.4 Å². The molecule has 2 aromatic heterocycles. The number of nitrogens with one attached hydrogen (secondary N) is 6. The van der Waals surface area contributed by atoms with E-state index in [1.807, 2.05) is 36.4 Å². The molecule has 2 aliphatic carbocycles. The average molecular weight is 1270 g/mol. The summed E-state index contributed by atoms with van der Waals surface area (Å²) in [6.45, 7) is 5.67. The van der Waals surface area contributed by atoms with Crippen LogP contribution in [-0.4, -0.2) is 159 Å². The van der Waals surface area contributed by atoms with Gasteiger partial charge in [-0.25, -0.2) is 19.0 Å². The van der Waals surface area contributed by atoms with Crippen LogP contribution in [0.1, 0.15) is 116 Å². The van der Waals surface area contributed by atoms with Gasteiger partial charge in [-0.05, 0) is 79.3 Å². The number of rotatable bonds is 23. The fourth-order valence-corrected chi connectivity index (χ4v) is 12.7. The molecule has 92 heavy (non-hydrogen) atoms. The number of carbonyl (C=O) groups excluding carboxylic acids is 9. The first-order valence-electron chi connectivity index (χ1n) is 30.3. The maximum atomic E-state index is 15.4. The van der Waals surface area contributed by atoms with Crippen molar-refractivity contribution in [2.75, 3.05) is 33.5 Å². The molecular weight excluding hydrogens is 1200 g/mol. The predicted octanol–water partition coefficient (Wildman–Crippen LogP) is 0.951. The summed E-state index contributed by atoms with van der Waals surface area (Å²) in [4.78, 5) is 140. The van der Waals surface area contributed by atoms with E-state index in [1.165, 1.54) is 24.6 Å². The number of amides is 8. The van der Waals surface area contributed by atoms with Crippen LogP contribution in [0.3, 0.4) is 0 Å². The molecular formula is C64H73FN10O17. The number of fused-ring (bicyclic) bond motifs is 8. The zero-order chi connectivity index (χ0) is 66.2. The maximum Gasteiger partial charge on any atom is 0.411 e. The third-order valence-electron chi connectivity index (χ3n) is 17.8. The van der Waals surface area contributed by atoms with E-state index in [9.17, 15) is 63.3 Å². The van der Waals surface area contributed by atoms with E-state index in [1.54, 1.807) is 45.9 Å². The van der Waals surface area contributed by atoms with Crippen LogP contribution in [0.2, 0.25) is 0 Å². The summed E-state index contributed by atoms with van der Waals surface area (Å²) >= 11 is 0. The molecule has 5 heterocycles. The Morgan fingerprint density at radius 3 is 2.23 bits per heavy atom. The monoisotopic (exact) mass is 1270 g/mol. The van der Waals surface area contributed by atoms with E-state index in [2.05, 4.69) is 31.9 Å². The minimum absolute atomic E-state index is 0.0286. The Labute approximate surface area is 526 Å². The number of cyclic esters (lactones) is 1. The summed E-state index contributed by atoms with van der Waals surface area (Å²) < 4.78 is 39.3. The predicted molar refractivity (Wildman–Crippen MR) is 323 cm³/mol. The van der Waals surface area contributed by atoms with Crippen molar-refractivity contribution in [3.63, 3.8) is 0 Å². The highest BCUT2D eigenvalue weighted by molar-refractivity contribution is 5.96. The van der Waals surface area contributed by atoms with Gasteiger partial charge in [0.15, 0.2) is 11.7 Å². The smallest absolute Gasteiger partial charge is 0.411 e. The van der Waals surface area contributed by atoms with Gasteiger partial charge in [-0.2, -0.15) is 0 Å². The van der Waals surface area contributed by atoms with E-state index in [0.29, 0.717) is 63.0 Å². The number of aromatic nitrogens is 2. The molecule has 3 aliphatic heterocycles. The number of aliphatic hydroxyl groups excluding tert-OH is 2. The summed E-state index contributed by atoms with van der Waals surface area (Å²) in [5, 5.41) is 48.6. The lowest BCUT2D eigenvalue weighted by Gasteiger charge is -2.31. The van der Waals surface area contributed by atoms with Gasteiger partial charge in [0.05, 0.1) is 54.1 Å². The molecule has 0 radical (unpaired) electrons. The van der Waals surface area contributed by atoms with Crippen LogP contribution in [0.4, 0.5) is 9.18 Å². The molecule has 0 spiro atoms. The first-order chi connectivity index (χ1) is 43.8. The molecule has 3 aromatic carbocycles. The molecule has 0 unspecified atom stereocenters. The van der Waals surface area contributed by atoms with Gasteiger partial charge >= 0.3 is 12.1 Å². The molecule has 9 atom stereocenters. The molecule has 8 amide bonds. The van der Waals surface area contributed by atoms with Crippen LogP contribution >= 0.6 is 0 Å². The number of aliphatic hydroxyl groups is 3. The van der Waals surface area contributed by atoms with Crippen LogP contribution in [0.5, 0.6) is 0 Å². The molecule has 1 saturated heterocycles. The second-order valence-corrected chi connectivity index (χ2v) is 24.0. The topological polar surface area (TPSA) is 388 Å². The van der Waals surface area contributed by atoms with Gasteiger partial charge in [-0.15, -0.1) is 0 Å². The first-order valence-corrected chi connectivity index (χ1v) is 30.3. The third-order valence-corrected chi connectivity index (χ3v) is 17.8. The summed E-state index contributed by atoms with van der Waals surface area (Å²) in [5.41, 5.74) is 9.31. The van der Waals surface area contributed by atoms with Crippen molar-refractivity contribution in [2.24, 2.45) is 11.7 Å². The van der Waals surface area contributed by atoms with Crippen LogP contribution in [0.25, 0.3) is 33.4 Å². The zero-order valence-corrected chi connectivity index (χ0v) is 51.4. The number of aryl methyl sites for hydroxylation is 1. The number of benzene rings is 3. The Balaban J connectivity index is 0.727. The molecule has 0 bridgehead atoms. The van der Waals surface area contributed by atoms with Gasteiger partial charge < -0.3 is 76.5 Å². The molecule has 5 aromatic rings. The summed E-state index contributed by atoms with van der Waals surface area (Å²) in [6, 6.07) is 12.9. The van der Waals surface area contributed by atoms with E-state index in [0.717, 1.165) is 16.0 Å². The minimum atomic E-state index is -2.07. The van der Waals surface area contributed by atoms with Gasteiger partial charge in [-0.3, -0.25) is 43.3 Å². The number of hydrogen-bond acceptors (Lipinski definition) is 18. The van der Waals surface area contributed by atoms with Crippen LogP contribution in [0, 0.1) is 18.7 Å². The second-order valence-electron chi connectivity index (χ2n) is 24.0. The van der Waals surface area contributed by atoms with Gasteiger partial charge in [0.25, 0.3) is 5.56 Å². The molecule has 488 valence electrons. The summed E-state index contributed by atoms with van der Waals surface area (Å²) in [7, 11) is 1.30. The highest BCUT2D eigenvalue weighted by Crippen LogP contribution is 2.47. The highest BCUT2D eigenvalue weighted by Gasteiger charge is 2.47. The minimum Gasteiger partial charge on any atom is -0.458 e. The van der Waals surface area contributed by atoms with E-state index < -0.39 is 151 Å². The lowest BCUT2D eigenvalue weighted by atomic mass is 9.81. The van der Waals surface area contributed by atoms with Crippen molar-refractivity contribution in [3.05, 3.63) is 121 Å². The molecule has 0 saturated carbocycles. The third kappa shape index (κ3) is 12.9. The molecule has 10 rings (SSSR count). The number of ether oxygens (including phenoxy) is 4. The van der Waals surface area contributed by atoms with Crippen molar-refractivity contribution in [3.8, 4) is 22.5 Å². The number of carbonyl (C=O) groups is 9. The van der Waals surface area contributed by atoms with Gasteiger partial charge in [-0.1, -0.05) is 69.3 Å². The van der Waals surface area contributed by atoms with E-state index >= 15 is 4.39 Å². The van der Waals surface area contributed by atoms with Gasteiger partial charge in [0.1, 0.15) is 62.2 Å². The Hall–Kier alpha value is -9.22. The van der Waals surface area contributed by atoms with Crippen LogP contribution in [0.15, 0.2) is 65.5 Å². The van der Waals surface area contributed by atoms with E-state index in [4.69, 9.17) is 29.7 Å². The average Bonchev–Trinajstić information content (AvgIpc) is 1.46. The Morgan fingerprint density at radius 2 is 1.55 bits per heavy atom. The van der Waals surface area contributed by atoms with Crippen molar-refractivity contribution >= 4 is 64.3 Å². The normalized spacial score (nSPS) is 20.9. The Bertz CT molecular complexity index is 3850. The molecule has 28 heteroatoms. The number of nitrogens with zero attached hydrogens (tertiary/aromatic N) is 3. The molecule has 27 nitrogen and oxygen atoms in total. The number of esters is 1. The Morgan fingerprint density at radius 1 is 0.870 bits per heavy atom. The van der Waals surface area contributed by atoms with Crippen LogP contribution in [-0.2, 0) is 82.5 Å². The molecule has 1 fully saturated rings. The molecule has 5 aliphatic rings. The summed E-state index contributed by atoms with van der Waals surface area (Å²) in [5.74, 6) is -7.17. The Kier molecular flexibility index (Phi) is 19.2. The lowest BCUT2D eigenvalue weighted by Crippen LogP contribution is -2.58. The van der Waals surface area contributed by atoms with Crippen molar-refractivity contribution in [2.45, 2.75) is 147 Å². The largest absolute Gasteiger partial charge is 0.458 e. The maximum absolute atomic E-state index is 15.4. The van der Waals surface area contributed by atoms with E-state index in [-0.39, 0.29) is 62.0 Å². The second kappa shape index (κ2) is 26.9. The van der Waals surface area contributed by atoms with Crippen LogP contribution < -0.4 is 43.2 Å². The number of hydrogen-bond donors (Lipinski definition) is 10. The fraction of sp³-hybridized carbons (Fsp3) is 0.453. The quantitative estimate of drug-likeness (QED) is 0.0242. The number of likely N-dealkylation sites (N-methyl/N-ethyl adjacent to an activating group) is 1. The molecule has 11 N–H and O–H groups in total. The number of halogens is 1. The van der Waals surface area contributed by atoms with Crippen molar-refractivity contribution < 1.29 is 81.8 Å². The fourth-order valence-electron chi connectivity index (χ4n) is 12.7. The first kappa shape index (κ1) is 65.7. The highest BCUT2D eigenvalue weighted by atomic mass is 19.1. The number of pyridine rings is 2. The SMILES string of the molecule is CC[C@@]1(O)C(=O)OCc2c1cc1n(c2=O)Cc2c-1nc1cc(F)c(C)c3c1c2[C@@H](NC(=O)COCNC(=O)CNC(=O)[C@H](C)NC(=O)[C@@H](NC(=O)[C@H](CCC(=O)NC[C@H]1O[C@@H](CC(N)=O)[C@H](O)[C@@H]1O)N(C)C(=O)OC1c2ccccc2-c2ccccc21)C(C)C)CC3. The standard InChI is InChI=1S/C64H73FN10O17/c1-7-64(88)39-20-44-54-37(25-75(44)61(85)38(39)26-90-62(64)86)52-41(17-16-32-30(4)40(65)21-42(72-54)51(32)52)71-50(79)27-89-28-69-49(78)24-68-58(82)31(5)70-60(84)53(29(2)3)73-59(83)43(18-19-48(77)67-23-46-56(81)55(80)45(91-46)22-47(66)76)74(6)63(87)92-57-35-14-10-8-12-33(35)34-13-9-11-15-36(34)57/h8-15,20-21,29,31,41,43,45-46,53,55-57,80-81,88H,7,16-19,22-28H2,1-6H3,(H2,66,76)(H,67,77)(H,68,82)(H,69,78)(H,70,84)(H,71,79)(H,73,83)/t31-,41-,43-,45-,46+,53-,55-,56+,64-/m0/s1. The summed E-state index contributed by atoms with van der Waals surface area (Å²) in [6.07, 6.45) is -7.34. The van der Waals surface area contributed by atoms with Crippen molar-refractivity contribution in [1.29, 1.82) is 0 Å². The van der Waals surface area contributed by atoms with Crippen molar-refractivity contribution in [1.82, 2.24) is 46.4 Å². The van der Waals surface area contributed by atoms with Gasteiger partial charge in [0, 0.05) is 53.7 Å². The number of nitrogens with two attached hydrogens (primary N) is 1.